The zero-order valence-electron chi connectivity index (χ0n) is 23.4. The molecule has 204 valence electrons. The summed E-state index contributed by atoms with van der Waals surface area (Å²) in [5.74, 6) is 0. The van der Waals surface area contributed by atoms with Crippen LogP contribution in [0.3, 0.4) is 0 Å². The molecule has 3 nitrogen and oxygen atoms in total. The fourth-order valence-corrected chi connectivity index (χ4v) is 39.4. The molecular formula is C32H50N2OSSn. The third-order valence-electron chi connectivity index (χ3n) is 10.1. The van der Waals surface area contributed by atoms with Gasteiger partial charge in [0.2, 0.25) is 0 Å². The first-order valence-electron chi connectivity index (χ1n) is 15.9. The molecule has 0 radical (unpaired) electrons. The Bertz CT molecular complexity index is 1000. The first-order valence-corrected chi connectivity index (χ1v) is 25.2. The van der Waals surface area contributed by atoms with E-state index in [1.54, 1.807) is 0 Å². The Labute approximate surface area is 232 Å². The van der Waals surface area contributed by atoms with E-state index in [0.29, 0.717) is 0 Å². The summed E-state index contributed by atoms with van der Waals surface area (Å²) in [7, 11) is 2.34. The zero-order chi connectivity index (χ0) is 25.5. The van der Waals surface area contributed by atoms with Gasteiger partial charge in [-0.25, -0.2) is 0 Å². The van der Waals surface area contributed by atoms with Gasteiger partial charge >= 0.3 is 233 Å². The molecule has 1 aromatic carbocycles. The Morgan fingerprint density at radius 3 is 1.86 bits per heavy atom. The Kier molecular flexibility index (Phi) is 10.4. The molecule has 2 aromatic rings. The average molecular weight is 630 g/mol. The van der Waals surface area contributed by atoms with E-state index in [1.807, 2.05) is 12.1 Å². The summed E-state index contributed by atoms with van der Waals surface area (Å²) >= 11 is -2.90. The van der Waals surface area contributed by atoms with E-state index < -0.39 is 17.0 Å². The standard InChI is InChI=1S/C14H18N2OS.3C6H11.Sn/c1-2-3-4-7-10-16-13(17)11-8-5-6-9-12(11)15-14(16)18;3*1-2-4-6-5-3-1;/h5-6,8-9H,2-4,7,10H2,1H3,(H,15,18);3*1H,2-6H2;/q;;;;+1/p-1. The van der Waals surface area contributed by atoms with E-state index in [0.717, 1.165) is 40.8 Å². The van der Waals surface area contributed by atoms with E-state index in [2.05, 4.69) is 32.6 Å². The van der Waals surface area contributed by atoms with E-state index in [4.69, 9.17) is 4.98 Å². The van der Waals surface area contributed by atoms with Crippen LogP contribution in [0.5, 0.6) is 0 Å². The van der Waals surface area contributed by atoms with Gasteiger partial charge in [0.05, 0.1) is 0 Å². The van der Waals surface area contributed by atoms with Crippen LogP contribution in [0.1, 0.15) is 129 Å². The van der Waals surface area contributed by atoms with Crippen LogP contribution in [-0.4, -0.2) is 26.5 Å². The molecule has 0 aliphatic heterocycles. The molecule has 0 saturated heterocycles. The number of unbranched alkanes of at least 4 members (excludes halogenated alkanes) is 3. The number of benzene rings is 1. The minimum absolute atomic E-state index is 0.223. The van der Waals surface area contributed by atoms with Crippen molar-refractivity contribution < 1.29 is 0 Å². The topological polar surface area (TPSA) is 34.9 Å². The van der Waals surface area contributed by atoms with Crippen molar-refractivity contribution in [1.82, 2.24) is 9.55 Å². The maximum absolute atomic E-state index is 14.0. The second kappa shape index (κ2) is 13.7. The van der Waals surface area contributed by atoms with Crippen molar-refractivity contribution in [2.24, 2.45) is 0 Å². The second-order valence-electron chi connectivity index (χ2n) is 12.4. The summed E-state index contributed by atoms with van der Waals surface area (Å²) in [6.45, 7) is 3.12. The van der Waals surface area contributed by atoms with Crippen LogP contribution < -0.4 is 5.56 Å². The molecule has 0 spiro atoms. The van der Waals surface area contributed by atoms with Crippen molar-refractivity contribution in [3.8, 4) is 0 Å². The molecule has 5 heteroatoms. The predicted octanol–water partition coefficient (Wildman–Crippen LogP) is 10.0. The summed E-state index contributed by atoms with van der Waals surface area (Å²) < 4.78 is 5.12. The Morgan fingerprint density at radius 2 is 1.32 bits per heavy atom. The Balaban J connectivity index is 1.61. The molecule has 1 heterocycles. The fourth-order valence-electron chi connectivity index (χ4n) is 8.19. The summed E-state index contributed by atoms with van der Waals surface area (Å²) in [6.07, 6.45) is 26.6. The Morgan fingerprint density at radius 1 is 0.784 bits per heavy atom. The first-order chi connectivity index (χ1) is 18.2. The van der Waals surface area contributed by atoms with E-state index in [9.17, 15) is 4.79 Å². The molecule has 3 fully saturated rings. The minimum atomic E-state index is -2.90. The van der Waals surface area contributed by atoms with Crippen molar-refractivity contribution in [3.05, 3.63) is 34.6 Å². The summed E-state index contributed by atoms with van der Waals surface area (Å²) in [6, 6.07) is 8.16. The summed E-state index contributed by atoms with van der Waals surface area (Å²) in [5.41, 5.74) is 1.15. The van der Waals surface area contributed by atoms with Crippen LogP contribution in [-0.2, 0) is 6.54 Å². The van der Waals surface area contributed by atoms with Gasteiger partial charge in [0.1, 0.15) is 0 Å². The Hall–Kier alpha value is -0.491. The number of hydrogen-bond donors (Lipinski definition) is 0. The SMILES string of the molecule is CCCCCCn1c([S][Sn]([CH]2CCCCC2)([CH]2CCCCC2)[CH]2CCCCC2)nc2ccccc2c1=O. The van der Waals surface area contributed by atoms with E-state index >= 15 is 0 Å². The average Bonchev–Trinajstić information content (AvgIpc) is 2.96. The number of para-hydroxylation sites is 1. The van der Waals surface area contributed by atoms with Crippen LogP contribution in [0.2, 0.25) is 11.8 Å². The van der Waals surface area contributed by atoms with Gasteiger partial charge in [0.15, 0.2) is 0 Å². The van der Waals surface area contributed by atoms with Gasteiger partial charge in [-0.15, -0.1) is 0 Å². The van der Waals surface area contributed by atoms with Gasteiger partial charge in [-0.3, -0.25) is 0 Å². The molecule has 0 unspecified atom stereocenters. The number of fused-ring (bicyclic) bond motifs is 1. The fraction of sp³-hybridized carbons (Fsp3) is 0.750. The van der Waals surface area contributed by atoms with Gasteiger partial charge < -0.3 is 0 Å². The molecule has 0 amide bonds. The molecule has 0 atom stereocenters. The second-order valence-corrected chi connectivity index (χ2v) is 31.3. The molecular weight excluding hydrogens is 579 g/mol. The van der Waals surface area contributed by atoms with Gasteiger partial charge in [0.25, 0.3) is 0 Å². The van der Waals surface area contributed by atoms with Crippen molar-refractivity contribution >= 4 is 36.8 Å². The third-order valence-corrected chi connectivity index (χ3v) is 38.1. The maximum atomic E-state index is 14.0. The van der Waals surface area contributed by atoms with Crippen LogP contribution in [0.25, 0.3) is 10.9 Å². The monoisotopic (exact) mass is 630 g/mol. The number of rotatable bonds is 10. The van der Waals surface area contributed by atoms with E-state index in [1.165, 1.54) is 116 Å². The molecule has 37 heavy (non-hydrogen) atoms. The molecule has 0 bridgehead atoms. The summed E-state index contributed by atoms with van der Waals surface area (Å²) in [4.78, 5) is 19.3. The van der Waals surface area contributed by atoms with Gasteiger partial charge in [0, 0.05) is 0 Å². The number of aromatic nitrogens is 2. The summed E-state index contributed by atoms with van der Waals surface area (Å²) in [5, 5.41) is 1.95. The van der Waals surface area contributed by atoms with Crippen molar-refractivity contribution in [2.45, 2.75) is 152 Å². The first kappa shape index (κ1) is 28.1. The van der Waals surface area contributed by atoms with Gasteiger partial charge in [-0.05, 0) is 0 Å². The zero-order valence-corrected chi connectivity index (χ0v) is 27.1. The molecule has 3 saturated carbocycles. The third kappa shape index (κ3) is 6.31. The molecule has 5 rings (SSSR count). The molecule has 3 aliphatic rings. The van der Waals surface area contributed by atoms with Crippen LogP contribution >= 0.6 is 8.95 Å². The van der Waals surface area contributed by atoms with E-state index in [-0.39, 0.29) is 5.56 Å². The van der Waals surface area contributed by atoms with Crippen molar-refractivity contribution in [3.63, 3.8) is 0 Å². The quantitative estimate of drug-likeness (QED) is 0.149. The van der Waals surface area contributed by atoms with Gasteiger partial charge in [-0.1, -0.05) is 0 Å². The molecule has 1 aromatic heterocycles. The van der Waals surface area contributed by atoms with Crippen LogP contribution in [0, 0.1) is 0 Å². The van der Waals surface area contributed by atoms with Crippen molar-refractivity contribution in [2.75, 3.05) is 0 Å². The predicted molar refractivity (Wildman–Crippen MR) is 162 cm³/mol. The van der Waals surface area contributed by atoms with Crippen LogP contribution in [0.15, 0.2) is 34.2 Å². The number of nitrogens with zero attached hydrogens (tertiary/aromatic N) is 2. The van der Waals surface area contributed by atoms with Gasteiger partial charge in [-0.2, -0.15) is 0 Å². The normalized spacial score (nSPS) is 21.0. The van der Waals surface area contributed by atoms with Crippen LogP contribution in [0.4, 0.5) is 0 Å². The number of hydrogen-bond acceptors (Lipinski definition) is 3. The molecule has 0 N–H and O–H groups in total. The van der Waals surface area contributed by atoms with Crippen molar-refractivity contribution in [1.29, 1.82) is 0 Å². The molecule has 3 aliphatic carbocycles.